The highest BCUT2D eigenvalue weighted by Gasteiger charge is 2.22. The van der Waals surface area contributed by atoms with Crippen LogP contribution in [0.5, 0.6) is 0 Å². The van der Waals surface area contributed by atoms with E-state index in [1.807, 2.05) is 7.05 Å². The lowest BCUT2D eigenvalue weighted by molar-refractivity contribution is 0.364. The second-order valence-corrected chi connectivity index (χ2v) is 6.61. The molecule has 0 spiro atoms. The van der Waals surface area contributed by atoms with E-state index in [-0.39, 0.29) is 5.82 Å². The fourth-order valence-corrected chi connectivity index (χ4v) is 1.69. The largest absolute Gasteiger partial charge is 0.339 e. The molecule has 0 radical (unpaired) electrons. The predicted octanol–water partition coefficient (Wildman–Crippen LogP) is 0.716. The molecule has 2 unspecified atom stereocenters. The monoisotopic (exact) mass is 261 g/mol. The van der Waals surface area contributed by atoms with Gasteiger partial charge in [0.2, 0.25) is 5.89 Å². The number of hydrogen-bond donors (Lipinski definition) is 1. The van der Waals surface area contributed by atoms with Crippen molar-refractivity contribution in [3.05, 3.63) is 11.7 Å². The first kappa shape index (κ1) is 14.1. The molecule has 6 nitrogen and oxygen atoms in total. The lowest BCUT2D eigenvalue weighted by Crippen LogP contribution is -2.21. The van der Waals surface area contributed by atoms with Crippen molar-refractivity contribution in [3.63, 3.8) is 0 Å². The summed E-state index contributed by atoms with van der Waals surface area (Å²) in [5.74, 6) is 0.720. The summed E-state index contributed by atoms with van der Waals surface area (Å²) < 4.78 is 27.7. The molecule has 2 atom stereocenters. The van der Waals surface area contributed by atoms with E-state index in [2.05, 4.69) is 22.4 Å². The minimum atomic E-state index is -3.18. The molecule has 1 N–H and O–H groups in total. The van der Waals surface area contributed by atoms with Crippen molar-refractivity contribution in [2.75, 3.05) is 13.3 Å². The van der Waals surface area contributed by atoms with Gasteiger partial charge < -0.3 is 9.84 Å². The van der Waals surface area contributed by atoms with Crippen LogP contribution in [0.4, 0.5) is 0 Å². The predicted molar refractivity (Wildman–Crippen MR) is 64.4 cm³/mol. The van der Waals surface area contributed by atoms with Gasteiger partial charge in [-0.3, -0.25) is 0 Å². The molecule has 0 saturated heterocycles. The van der Waals surface area contributed by atoms with Gasteiger partial charge in [-0.15, -0.1) is 0 Å². The molecule has 98 valence electrons. The van der Waals surface area contributed by atoms with Crippen LogP contribution in [0, 0.1) is 0 Å². The molecule has 0 aliphatic carbocycles. The van der Waals surface area contributed by atoms with Gasteiger partial charge in [0.1, 0.15) is 5.25 Å². The van der Waals surface area contributed by atoms with Crippen LogP contribution in [0.2, 0.25) is 0 Å². The van der Waals surface area contributed by atoms with Crippen LogP contribution in [0.1, 0.15) is 37.2 Å². The molecule has 1 aromatic heterocycles. The zero-order valence-electron chi connectivity index (χ0n) is 10.6. The van der Waals surface area contributed by atoms with E-state index in [1.165, 1.54) is 0 Å². The zero-order valence-corrected chi connectivity index (χ0v) is 11.4. The van der Waals surface area contributed by atoms with Gasteiger partial charge in [-0.2, -0.15) is 4.98 Å². The van der Waals surface area contributed by atoms with Gasteiger partial charge in [0.25, 0.3) is 0 Å². The third-order valence-corrected chi connectivity index (χ3v) is 4.27. The maximum Gasteiger partial charge on any atom is 0.226 e. The van der Waals surface area contributed by atoms with Gasteiger partial charge in [-0.1, -0.05) is 5.16 Å². The summed E-state index contributed by atoms with van der Waals surface area (Å²) in [6, 6.07) is 0.359. The Balaban J connectivity index is 2.66. The van der Waals surface area contributed by atoms with Gasteiger partial charge in [0.05, 0.1) is 0 Å². The van der Waals surface area contributed by atoms with Gasteiger partial charge in [0.15, 0.2) is 15.7 Å². The molecule has 0 fully saturated rings. The van der Waals surface area contributed by atoms with Crippen LogP contribution < -0.4 is 5.32 Å². The van der Waals surface area contributed by atoms with Crippen LogP contribution in [0.3, 0.4) is 0 Å². The normalized spacial score (nSPS) is 15.8. The quantitative estimate of drug-likeness (QED) is 0.812. The summed E-state index contributed by atoms with van der Waals surface area (Å²) in [7, 11) is -1.29. The maximum absolute atomic E-state index is 11.3. The van der Waals surface area contributed by atoms with E-state index in [0.717, 1.165) is 12.7 Å². The Morgan fingerprint density at radius 1 is 1.41 bits per heavy atom. The number of nitrogens with zero attached hydrogens (tertiary/aromatic N) is 2. The molecular weight excluding hydrogens is 242 g/mol. The molecule has 1 heterocycles. The Labute approximate surface area is 102 Å². The molecular formula is C10H19N3O3S. The molecule has 0 aromatic carbocycles. The van der Waals surface area contributed by atoms with Crippen LogP contribution in [0.25, 0.3) is 0 Å². The minimum Gasteiger partial charge on any atom is -0.339 e. The Morgan fingerprint density at radius 3 is 2.59 bits per heavy atom. The van der Waals surface area contributed by atoms with Gasteiger partial charge in [0, 0.05) is 18.7 Å². The van der Waals surface area contributed by atoms with Crippen molar-refractivity contribution in [3.8, 4) is 0 Å². The molecule has 0 aliphatic heterocycles. The highest BCUT2D eigenvalue weighted by Crippen LogP contribution is 2.17. The van der Waals surface area contributed by atoms with E-state index in [4.69, 9.17) is 4.52 Å². The van der Waals surface area contributed by atoms with Crippen molar-refractivity contribution >= 4 is 9.84 Å². The number of sulfone groups is 1. The highest BCUT2D eigenvalue weighted by atomic mass is 32.2. The number of nitrogens with one attached hydrogen (secondary N) is 1. The lowest BCUT2D eigenvalue weighted by Gasteiger charge is -2.06. The minimum absolute atomic E-state index is 0.236. The Hall–Kier alpha value is -0.950. The van der Waals surface area contributed by atoms with Crippen molar-refractivity contribution < 1.29 is 12.9 Å². The summed E-state index contributed by atoms with van der Waals surface area (Å²) in [6.07, 6.45) is 2.67. The topological polar surface area (TPSA) is 85.1 Å². The summed E-state index contributed by atoms with van der Waals surface area (Å²) >= 11 is 0. The number of hydrogen-bond acceptors (Lipinski definition) is 6. The number of aryl methyl sites for hydroxylation is 1. The SMILES string of the molecule is CNC(C)CCc1nc(C(C)S(C)(=O)=O)no1. The fraction of sp³-hybridized carbons (Fsp3) is 0.800. The Bertz CT molecular complexity index is 455. The molecule has 0 bridgehead atoms. The van der Waals surface area contributed by atoms with E-state index < -0.39 is 15.1 Å². The summed E-state index contributed by atoms with van der Waals surface area (Å²) in [5, 5.41) is 6.08. The number of rotatable bonds is 6. The second-order valence-electron chi connectivity index (χ2n) is 4.25. The molecule has 1 aromatic rings. The van der Waals surface area contributed by atoms with Crippen LogP contribution in [0.15, 0.2) is 4.52 Å². The van der Waals surface area contributed by atoms with Crippen LogP contribution in [-0.2, 0) is 16.3 Å². The standard InChI is InChI=1S/C10H19N3O3S/c1-7(11-3)5-6-9-12-10(13-16-9)8(2)17(4,14)15/h7-8,11H,5-6H2,1-4H3. The van der Waals surface area contributed by atoms with Crippen molar-refractivity contribution in [2.45, 2.75) is 38.0 Å². The summed E-state index contributed by atoms with van der Waals surface area (Å²) in [4.78, 5) is 4.10. The van der Waals surface area contributed by atoms with Gasteiger partial charge in [-0.05, 0) is 27.3 Å². The molecule has 0 amide bonds. The van der Waals surface area contributed by atoms with E-state index in [1.54, 1.807) is 6.92 Å². The van der Waals surface area contributed by atoms with E-state index in [9.17, 15) is 8.42 Å². The molecule has 7 heteroatoms. The second kappa shape index (κ2) is 5.59. The molecule has 1 rings (SSSR count). The Kier molecular flexibility index (Phi) is 4.64. The van der Waals surface area contributed by atoms with Gasteiger partial charge in [-0.25, -0.2) is 8.42 Å². The first-order valence-corrected chi connectivity index (χ1v) is 7.48. The first-order chi connectivity index (χ1) is 7.84. The molecule has 17 heavy (non-hydrogen) atoms. The molecule has 0 aliphatic rings. The van der Waals surface area contributed by atoms with Gasteiger partial charge >= 0.3 is 0 Å². The third-order valence-electron chi connectivity index (χ3n) is 2.77. The summed E-state index contributed by atoms with van der Waals surface area (Å²) in [6.45, 7) is 3.61. The fourth-order valence-electron chi connectivity index (χ4n) is 1.21. The third kappa shape index (κ3) is 4.08. The van der Waals surface area contributed by atoms with Crippen molar-refractivity contribution in [1.29, 1.82) is 0 Å². The average Bonchev–Trinajstić information content (AvgIpc) is 2.71. The average molecular weight is 261 g/mol. The highest BCUT2D eigenvalue weighted by molar-refractivity contribution is 7.90. The summed E-state index contributed by atoms with van der Waals surface area (Å²) in [5.41, 5.74) is 0. The Morgan fingerprint density at radius 2 is 2.06 bits per heavy atom. The van der Waals surface area contributed by atoms with E-state index in [0.29, 0.717) is 18.4 Å². The smallest absolute Gasteiger partial charge is 0.226 e. The van der Waals surface area contributed by atoms with E-state index >= 15 is 0 Å². The van der Waals surface area contributed by atoms with Crippen LogP contribution in [-0.4, -0.2) is 37.9 Å². The first-order valence-electron chi connectivity index (χ1n) is 5.53. The lowest BCUT2D eigenvalue weighted by atomic mass is 10.2. The van der Waals surface area contributed by atoms with Crippen molar-refractivity contribution in [2.24, 2.45) is 0 Å². The number of aromatic nitrogens is 2. The maximum atomic E-state index is 11.3. The zero-order chi connectivity index (χ0) is 13.1. The van der Waals surface area contributed by atoms with Crippen molar-refractivity contribution in [1.82, 2.24) is 15.5 Å². The molecule has 0 saturated carbocycles. The van der Waals surface area contributed by atoms with Crippen LogP contribution >= 0.6 is 0 Å².